The van der Waals surface area contributed by atoms with Crippen LogP contribution < -0.4 is 5.32 Å². The van der Waals surface area contributed by atoms with Gasteiger partial charge in [-0.15, -0.1) is 0 Å². The summed E-state index contributed by atoms with van der Waals surface area (Å²) in [5.74, 6) is -0.537. The molecule has 1 fully saturated rings. The zero-order valence-corrected chi connectivity index (χ0v) is 14.0. The maximum atomic E-state index is 11.7. The Balaban J connectivity index is 2.37. The van der Waals surface area contributed by atoms with Gasteiger partial charge >= 0.3 is 5.97 Å². The van der Waals surface area contributed by atoms with E-state index in [1.807, 2.05) is 27.7 Å². The summed E-state index contributed by atoms with van der Waals surface area (Å²) in [4.78, 5) is 22.4. The van der Waals surface area contributed by atoms with E-state index in [1.54, 1.807) is 0 Å². The summed E-state index contributed by atoms with van der Waals surface area (Å²) < 4.78 is 10.7. The van der Waals surface area contributed by atoms with Crippen molar-refractivity contribution in [2.24, 2.45) is 0 Å². The van der Waals surface area contributed by atoms with E-state index in [4.69, 9.17) is 4.74 Å². The van der Waals surface area contributed by atoms with Crippen molar-refractivity contribution in [2.45, 2.75) is 51.4 Å². The number of rotatable bonds is 4. The Labute approximate surface area is 135 Å². The number of nitrogens with one attached hydrogen (secondary N) is 1. The highest BCUT2D eigenvalue weighted by Crippen LogP contribution is 2.40. The Morgan fingerprint density at radius 1 is 1.39 bits per heavy atom. The van der Waals surface area contributed by atoms with E-state index in [2.05, 4.69) is 10.1 Å². The number of nitro benzene ring substituents is 1. The maximum Gasteiger partial charge on any atom is 0.337 e. The van der Waals surface area contributed by atoms with Crippen LogP contribution >= 0.6 is 0 Å². The lowest BCUT2D eigenvalue weighted by Crippen LogP contribution is -2.38. The summed E-state index contributed by atoms with van der Waals surface area (Å²) >= 11 is 0. The molecule has 0 aliphatic carbocycles. The first kappa shape index (κ1) is 17.2. The van der Waals surface area contributed by atoms with Gasteiger partial charge in [0.1, 0.15) is 5.69 Å². The molecule has 0 radical (unpaired) electrons. The van der Waals surface area contributed by atoms with Crippen LogP contribution in [0.1, 0.15) is 44.5 Å². The van der Waals surface area contributed by atoms with E-state index < -0.39 is 16.5 Å². The second kappa shape index (κ2) is 5.81. The molecule has 0 saturated carbocycles. The predicted octanol–water partition coefficient (Wildman–Crippen LogP) is 3.14. The number of anilines is 1. The lowest BCUT2D eigenvalue weighted by atomic mass is 9.94. The number of nitro groups is 1. The predicted molar refractivity (Wildman–Crippen MR) is 85.7 cm³/mol. The van der Waals surface area contributed by atoms with Crippen molar-refractivity contribution in [3.63, 3.8) is 0 Å². The Kier molecular flexibility index (Phi) is 4.34. The van der Waals surface area contributed by atoms with Crippen LogP contribution in [-0.2, 0) is 9.47 Å². The molecule has 1 aromatic rings. The van der Waals surface area contributed by atoms with Crippen molar-refractivity contribution in [2.75, 3.05) is 12.4 Å². The van der Waals surface area contributed by atoms with Crippen molar-refractivity contribution in [1.29, 1.82) is 0 Å². The Bertz CT molecular complexity index is 639. The van der Waals surface area contributed by atoms with E-state index in [1.165, 1.54) is 25.3 Å². The number of ether oxygens (including phenoxy) is 2. The van der Waals surface area contributed by atoms with E-state index in [-0.39, 0.29) is 28.6 Å². The summed E-state index contributed by atoms with van der Waals surface area (Å²) in [6.45, 7) is 7.84. The zero-order valence-electron chi connectivity index (χ0n) is 14.0. The third kappa shape index (κ3) is 3.61. The fourth-order valence-electron chi connectivity index (χ4n) is 3.03. The van der Waals surface area contributed by atoms with Gasteiger partial charge in [-0.05, 0) is 46.2 Å². The van der Waals surface area contributed by atoms with Crippen molar-refractivity contribution in [1.82, 2.24) is 0 Å². The molecule has 1 N–H and O–H groups in total. The first-order chi connectivity index (χ1) is 10.6. The minimum absolute atomic E-state index is 0.0850. The summed E-state index contributed by atoms with van der Waals surface area (Å²) in [5, 5.41) is 14.4. The molecule has 0 amide bonds. The minimum Gasteiger partial charge on any atom is -0.465 e. The molecule has 0 aromatic heterocycles. The number of hydrogen-bond acceptors (Lipinski definition) is 6. The summed E-state index contributed by atoms with van der Waals surface area (Å²) in [7, 11) is 1.27. The van der Waals surface area contributed by atoms with Gasteiger partial charge in [0, 0.05) is 6.07 Å². The van der Waals surface area contributed by atoms with E-state index in [0.717, 1.165) is 0 Å². The molecule has 1 aliphatic heterocycles. The largest absolute Gasteiger partial charge is 0.465 e. The maximum absolute atomic E-state index is 11.7. The fraction of sp³-hybridized carbons (Fsp3) is 0.562. The summed E-state index contributed by atoms with van der Waals surface area (Å²) in [6.07, 6.45) is 0.694. The first-order valence-corrected chi connectivity index (χ1v) is 7.39. The van der Waals surface area contributed by atoms with Gasteiger partial charge in [-0.1, -0.05) is 0 Å². The number of esters is 1. The number of carbonyl (C=O) groups is 1. The molecule has 1 heterocycles. The van der Waals surface area contributed by atoms with Crippen LogP contribution in [0.15, 0.2) is 18.2 Å². The molecule has 1 unspecified atom stereocenters. The minimum atomic E-state index is -0.537. The molecule has 7 nitrogen and oxygen atoms in total. The van der Waals surface area contributed by atoms with Gasteiger partial charge < -0.3 is 14.8 Å². The summed E-state index contributed by atoms with van der Waals surface area (Å²) in [5.41, 5.74) is -0.346. The quantitative estimate of drug-likeness (QED) is 0.520. The molecule has 2 rings (SSSR count). The molecular formula is C16H22N2O5. The highest BCUT2D eigenvalue weighted by molar-refractivity contribution is 5.91. The van der Waals surface area contributed by atoms with Gasteiger partial charge in [-0.2, -0.15) is 0 Å². The fourth-order valence-corrected chi connectivity index (χ4v) is 3.03. The number of benzene rings is 1. The number of carbonyl (C=O) groups excluding carboxylic acids is 1. The standard InChI is InChI=1S/C16H22N2O5/c1-15(2)9-13(16(3,4)23-15)17-11-8-10(14(19)22-5)6-7-12(11)18(20)21/h6-8,13,17H,9H2,1-5H3. The Morgan fingerprint density at radius 3 is 2.52 bits per heavy atom. The second-order valence-electron chi connectivity index (χ2n) is 6.85. The van der Waals surface area contributed by atoms with Gasteiger partial charge in [0.2, 0.25) is 0 Å². The molecule has 1 saturated heterocycles. The molecule has 0 spiro atoms. The summed E-state index contributed by atoms with van der Waals surface area (Å²) in [6, 6.07) is 4.02. The van der Waals surface area contributed by atoms with Crippen LogP contribution in [0, 0.1) is 10.1 Å². The molecule has 1 aromatic carbocycles. The topological polar surface area (TPSA) is 90.7 Å². The highest BCUT2D eigenvalue weighted by Gasteiger charge is 2.46. The van der Waals surface area contributed by atoms with Crippen molar-refractivity contribution < 1.29 is 19.2 Å². The zero-order chi connectivity index (χ0) is 17.4. The van der Waals surface area contributed by atoms with Crippen LogP contribution in [0.5, 0.6) is 0 Å². The van der Waals surface area contributed by atoms with Gasteiger partial charge in [0.15, 0.2) is 0 Å². The normalized spacial score (nSPS) is 21.7. The van der Waals surface area contributed by atoms with Gasteiger partial charge in [-0.3, -0.25) is 10.1 Å². The Morgan fingerprint density at radius 2 is 2.04 bits per heavy atom. The number of hydrogen-bond donors (Lipinski definition) is 1. The molecule has 23 heavy (non-hydrogen) atoms. The van der Waals surface area contributed by atoms with Gasteiger partial charge in [0.05, 0.1) is 34.8 Å². The third-order valence-electron chi connectivity index (χ3n) is 4.02. The lowest BCUT2D eigenvalue weighted by Gasteiger charge is -2.28. The third-order valence-corrected chi connectivity index (χ3v) is 4.02. The van der Waals surface area contributed by atoms with E-state index in [0.29, 0.717) is 6.42 Å². The van der Waals surface area contributed by atoms with Gasteiger partial charge in [0.25, 0.3) is 5.69 Å². The molecule has 1 atom stereocenters. The monoisotopic (exact) mass is 322 g/mol. The van der Waals surface area contributed by atoms with Crippen molar-refractivity contribution >= 4 is 17.3 Å². The number of methoxy groups -OCH3 is 1. The molecule has 126 valence electrons. The van der Waals surface area contributed by atoms with E-state index >= 15 is 0 Å². The first-order valence-electron chi connectivity index (χ1n) is 7.39. The lowest BCUT2D eigenvalue weighted by molar-refractivity contribution is -0.384. The molecule has 1 aliphatic rings. The molecule has 7 heteroatoms. The van der Waals surface area contributed by atoms with Crippen LogP contribution in [0.3, 0.4) is 0 Å². The SMILES string of the molecule is COC(=O)c1ccc([N+](=O)[O-])c(NC2CC(C)(C)OC2(C)C)c1. The van der Waals surface area contributed by atoms with Crippen LogP contribution in [0.25, 0.3) is 0 Å². The number of nitrogens with zero attached hydrogens (tertiary/aromatic N) is 1. The second-order valence-corrected chi connectivity index (χ2v) is 6.85. The Hall–Kier alpha value is -2.15. The highest BCUT2D eigenvalue weighted by atomic mass is 16.6. The van der Waals surface area contributed by atoms with Gasteiger partial charge in [-0.25, -0.2) is 4.79 Å². The van der Waals surface area contributed by atoms with Crippen molar-refractivity contribution in [3.8, 4) is 0 Å². The average Bonchev–Trinajstić information content (AvgIpc) is 2.64. The average molecular weight is 322 g/mol. The van der Waals surface area contributed by atoms with E-state index in [9.17, 15) is 14.9 Å². The molecular weight excluding hydrogens is 300 g/mol. The molecule has 0 bridgehead atoms. The van der Waals surface area contributed by atoms with Crippen LogP contribution in [0.4, 0.5) is 11.4 Å². The van der Waals surface area contributed by atoms with Crippen LogP contribution in [0.2, 0.25) is 0 Å². The smallest absolute Gasteiger partial charge is 0.337 e. The van der Waals surface area contributed by atoms with Crippen molar-refractivity contribution in [3.05, 3.63) is 33.9 Å². The van der Waals surface area contributed by atoms with Crippen LogP contribution in [-0.4, -0.2) is 35.2 Å².